The van der Waals surface area contributed by atoms with E-state index in [1.54, 1.807) is 6.07 Å². The molecule has 0 unspecified atom stereocenters. The van der Waals surface area contributed by atoms with Gasteiger partial charge in [-0.15, -0.1) is 0 Å². The first-order chi connectivity index (χ1) is 7.47. The van der Waals surface area contributed by atoms with Gasteiger partial charge in [0.25, 0.3) is 0 Å². The highest BCUT2D eigenvalue weighted by molar-refractivity contribution is 7.89. The summed E-state index contributed by atoms with van der Waals surface area (Å²) >= 11 is 0. The Morgan fingerprint density at radius 1 is 1.44 bits per heavy atom. The molecule has 0 aromatic heterocycles. The lowest BCUT2D eigenvalue weighted by Crippen LogP contribution is -2.14. The molecule has 5 heteroatoms. The Morgan fingerprint density at radius 2 is 2.12 bits per heavy atom. The van der Waals surface area contributed by atoms with Crippen molar-refractivity contribution < 1.29 is 13.2 Å². The number of ether oxygens (including phenoxy) is 1. The molecule has 0 atom stereocenters. The van der Waals surface area contributed by atoms with Crippen molar-refractivity contribution >= 4 is 10.0 Å². The van der Waals surface area contributed by atoms with Gasteiger partial charge in [-0.25, -0.2) is 13.6 Å². The molecule has 2 N–H and O–H groups in total. The molecule has 4 nitrogen and oxygen atoms in total. The van der Waals surface area contributed by atoms with E-state index in [9.17, 15) is 8.42 Å². The van der Waals surface area contributed by atoms with Crippen LogP contribution in [0.25, 0.3) is 0 Å². The molecule has 1 fully saturated rings. The Hall–Kier alpha value is -1.07. The normalized spacial score (nSPS) is 16.1. The molecule has 0 saturated heterocycles. The van der Waals surface area contributed by atoms with Crippen molar-refractivity contribution in [2.75, 3.05) is 6.61 Å². The molecule has 0 aliphatic heterocycles. The van der Waals surface area contributed by atoms with Crippen LogP contribution in [-0.4, -0.2) is 15.0 Å². The Labute approximate surface area is 95.5 Å². The average Bonchev–Trinajstić information content (AvgIpc) is 2.98. The fourth-order valence-corrected chi connectivity index (χ4v) is 2.21. The zero-order valence-corrected chi connectivity index (χ0v) is 9.96. The molecule has 88 valence electrons. The number of rotatable bonds is 4. The van der Waals surface area contributed by atoms with Gasteiger partial charge < -0.3 is 4.74 Å². The lowest BCUT2D eigenvalue weighted by atomic mass is 10.2. The molecule has 0 radical (unpaired) electrons. The predicted molar refractivity (Wildman–Crippen MR) is 60.8 cm³/mol. The Morgan fingerprint density at radius 3 is 2.69 bits per heavy atom. The second-order valence-electron chi connectivity index (χ2n) is 4.25. The predicted octanol–water partition coefficient (Wildman–Crippen LogP) is 1.43. The Kier molecular flexibility index (Phi) is 2.90. The second kappa shape index (κ2) is 4.07. The minimum Gasteiger partial charge on any atom is -0.492 e. The van der Waals surface area contributed by atoms with Gasteiger partial charge in [0, 0.05) is 0 Å². The summed E-state index contributed by atoms with van der Waals surface area (Å²) in [5.74, 6) is 0.939. The van der Waals surface area contributed by atoms with Crippen LogP contribution in [0.4, 0.5) is 0 Å². The van der Waals surface area contributed by atoms with E-state index < -0.39 is 10.0 Å². The van der Waals surface area contributed by atoms with Crippen LogP contribution in [0, 0.1) is 12.8 Å². The maximum absolute atomic E-state index is 11.4. The van der Waals surface area contributed by atoms with E-state index in [2.05, 4.69) is 0 Å². The van der Waals surface area contributed by atoms with E-state index in [1.165, 1.54) is 6.07 Å². The van der Waals surface area contributed by atoms with Crippen molar-refractivity contribution in [1.82, 2.24) is 0 Å². The maximum Gasteiger partial charge on any atom is 0.241 e. The molecule has 1 aliphatic rings. The number of aryl methyl sites for hydroxylation is 1. The van der Waals surface area contributed by atoms with Gasteiger partial charge in [0.2, 0.25) is 10.0 Å². The largest absolute Gasteiger partial charge is 0.492 e. The topological polar surface area (TPSA) is 69.4 Å². The summed E-state index contributed by atoms with van der Waals surface area (Å²) in [4.78, 5) is 0.0770. The van der Waals surface area contributed by atoms with Gasteiger partial charge >= 0.3 is 0 Å². The maximum atomic E-state index is 11.4. The summed E-state index contributed by atoms with van der Waals surface area (Å²) in [5, 5.41) is 5.14. The molecule has 0 amide bonds. The van der Waals surface area contributed by atoms with Gasteiger partial charge in [0.15, 0.2) is 0 Å². The third-order valence-electron chi connectivity index (χ3n) is 2.58. The van der Waals surface area contributed by atoms with E-state index in [1.807, 2.05) is 13.0 Å². The highest BCUT2D eigenvalue weighted by atomic mass is 32.2. The van der Waals surface area contributed by atoms with Crippen molar-refractivity contribution in [2.24, 2.45) is 11.1 Å². The third kappa shape index (κ3) is 2.74. The molecular weight excluding hydrogens is 226 g/mol. The molecule has 16 heavy (non-hydrogen) atoms. The van der Waals surface area contributed by atoms with E-state index in [0.717, 1.165) is 18.4 Å². The van der Waals surface area contributed by atoms with Crippen LogP contribution in [0.2, 0.25) is 0 Å². The molecule has 0 heterocycles. The van der Waals surface area contributed by atoms with Crippen LogP contribution in [0.1, 0.15) is 18.4 Å². The van der Waals surface area contributed by atoms with Crippen LogP contribution in [-0.2, 0) is 10.0 Å². The van der Waals surface area contributed by atoms with Crippen molar-refractivity contribution in [3.63, 3.8) is 0 Å². The van der Waals surface area contributed by atoms with Gasteiger partial charge in [-0.1, -0.05) is 6.07 Å². The van der Waals surface area contributed by atoms with Gasteiger partial charge in [-0.3, -0.25) is 0 Å². The van der Waals surface area contributed by atoms with E-state index in [-0.39, 0.29) is 4.90 Å². The number of nitrogens with two attached hydrogens (primary N) is 1. The SMILES string of the molecule is Cc1ccc(OCC2CC2)c(S(N)(=O)=O)c1. The Balaban J connectivity index is 2.27. The Bertz CT molecular complexity index is 492. The zero-order chi connectivity index (χ0) is 11.8. The summed E-state index contributed by atoms with van der Waals surface area (Å²) in [7, 11) is -3.71. The van der Waals surface area contributed by atoms with Crippen LogP contribution >= 0.6 is 0 Å². The van der Waals surface area contributed by atoms with Crippen LogP contribution in [0.5, 0.6) is 5.75 Å². The standard InChI is InChI=1S/C11H15NO3S/c1-8-2-5-10(15-7-9-3-4-9)11(6-8)16(12,13)14/h2,5-6,9H,3-4,7H2,1H3,(H2,12,13,14). The monoisotopic (exact) mass is 241 g/mol. The van der Waals surface area contributed by atoms with Crippen molar-refractivity contribution in [2.45, 2.75) is 24.7 Å². The highest BCUT2D eigenvalue weighted by Crippen LogP contribution is 2.31. The van der Waals surface area contributed by atoms with Crippen molar-refractivity contribution in [3.8, 4) is 5.75 Å². The van der Waals surface area contributed by atoms with Gasteiger partial charge in [0.05, 0.1) is 6.61 Å². The summed E-state index contributed by atoms with van der Waals surface area (Å²) in [6.45, 7) is 2.39. The second-order valence-corrected chi connectivity index (χ2v) is 5.78. The molecule has 1 saturated carbocycles. The minimum atomic E-state index is -3.71. The van der Waals surface area contributed by atoms with E-state index >= 15 is 0 Å². The fraction of sp³-hybridized carbons (Fsp3) is 0.455. The molecule has 0 spiro atoms. The van der Waals surface area contributed by atoms with Gasteiger partial charge in [-0.2, -0.15) is 0 Å². The lowest BCUT2D eigenvalue weighted by Gasteiger charge is -2.10. The smallest absolute Gasteiger partial charge is 0.241 e. The number of primary sulfonamides is 1. The molecule has 1 aromatic rings. The fourth-order valence-electron chi connectivity index (χ4n) is 1.45. The number of hydrogen-bond donors (Lipinski definition) is 1. The molecule has 2 rings (SSSR count). The van der Waals surface area contributed by atoms with Crippen molar-refractivity contribution in [3.05, 3.63) is 23.8 Å². The van der Waals surface area contributed by atoms with Crippen LogP contribution in [0.15, 0.2) is 23.1 Å². The number of sulfonamides is 1. The quantitative estimate of drug-likeness (QED) is 0.867. The van der Waals surface area contributed by atoms with E-state index in [4.69, 9.17) is 9.88 Å². The minimum absolute atomic E-state index is 0.0770. The summed E-state index contributed by atoms with van der Waals surface area (Å²) < 4.78 is 28.2. The molecular formula is C11H15NO3S. The van der Waals surface area contributed by atoms with Gasteiger partial charge in [0.1, 0.15) is 10.6 Å². The number of benzene rings is 1. The lowest BCUT2D eigenvalue weighted by molar-refractivity contribution is 0.292. The van der Waals surface area contributed by atoms with Crippen molar-refractivity contribution in [1.29, 1.82) is 0 Å². The summed E-state index contributed by atoms with van der Waals surface area (Å²) in [6.07, 6.45) is 2.33. The molecule has 1 aromatic carbocycles. The number of hydrogen-bond acceptors (Lipinski definition) is 3. The van der Waals surface area contributed by atoms with Crippen LogP contribution in [0.3, 0.4) is 0 Å². The first-order valence-electron chi connectivity index (χ1n) is 5.23. The summed E-state index contributed by atoms with van der Waals surface area (Å²) in [6, 6.07) is 5.02. The molecule has 1 aliphatic carbocycles. The average molecular weight is 241 g/mol. The van der Waals surface area contributed by atoms with Crippen LogP contribution < -0.4 is 9.88 Å². The summed E-state index contributed by atoms with van der Waals surface area (Å²) in [5.41, 5.74) is 0.850. The first kappa shape index (κ1) is 11.4. The molecule has 0 bridgehead atoms. The van der Waals surface area contributed by atoms with E-state index in [0.29, 0.717) is 18.3 Å². The van der Waals surface area contributed by atoms with Gasteiger partial charge in [-0.05, 0) is 43.4 Å². The first-order valence-corrected chi connectivity index (χ1v) is 6.78. The highest BCUT2D eigenvalue weighted by Gasteiger charge is 2.23. The third-order valence-corrected chi connectivity index (χ3v) is 3.51. The zero-order valence-electron chi connectivity index (χ0n) is 9.14.